The molecular formula is C11H18O2. The summed E-state index contributed by atoms with van der Waals surface area (Å²) in [4.78, 5) is 11.8. The molecule has 0 amide bonds. The number of fused-ring (bicyclic) bond motifs is 3. The lowest BCUT2D eigenvalue weighted by atomic mass is 9.61. The number of hydrogen-bond donors (Lipinski definition) is 0. The van der Waals surface area contributed by atoms with E-state index < -0.39 is 0 Å². The summed E-state index contributed by atoms with van der Waals surface area (Å²) in [5.74, 6) is 0.479. The number of carbonyl (C=O) groups is 1. The summed E-state index contributed by atoms with van der Waals surface area (Å²) in [7, 11) is 0. The quantitative estimate of drug-likeness (QED) is 0.582. The van der Waals surface area contributed by atoms with E-state index in [9.17, 15) is 4.79 Å². The molecule has 0 spiro atoms. The van der Waals surface area contributed by atoms with E-state index in [1.54, 1.807) is 0 Å². The Morgan fingerprint density at radius 1 is 1.23 bits per heavy atom. The van der Waals surface area contributed by atoms with Crippen molar-refractivity contribution in [2.24, 2.45) is 11.3 Å². The topological polar surface area (TPSA) is 26.3 Å². The minimum absolute atomic E-state index is 0.0579. The van der Waals surface area contributed by atoms with Gasteiger partial charge < -0.3 is 4.74 Å². The normalized spacial score (nSPS) is 43.8. The highest BCUT2D eigenvalue weighted by molar-refractivity contribution is 5.79. The maximum absolute atomic E-state index is 11.8. The maximum atomic E-state index is 11.8. The summed E-state index contributed by atoms with van der Waals surface area (Å²) in [5.41, 5.74) is -0.272. The van der Waals surface area contributed by atoms with Crippen LogP contribution < -0.4 is 0 Å². The van der Waals surface area contributed by atoms with Gasteiger partial charge in [0.2, 0.25) is 0 Å². The molecule has 0 atom stereocenters. The monoisotopic (exact) mass is 182 g/mol. The van der Waals surface area contributed by atoms with Gasteiger partial charge in [-0.15, -0.1) is 0 Å². The number of carbonyl (C=O) groups excluding carboxylic acids is 1. The molecule has 2 heterocycles. The van der Waals surface area contributed by atoms with Gasteiger partial charge in [0.15, 0.2) is 0 Å². The van der Waals surface area contributed by atoms with Crippen molar-refractivity contribution in [2.45, 2.75) is 52.1 Å². The molecule has 3 fully saturated rings. The third-order valence-electron chi connectivity index (χ3n) is 4.05. The molecule has 74 valence electrons. The summed E-state index contributed by atoms with van der Waals surface area (Å²) in [5, 5.41) is 0. The Morgan fingerprint density at radius 2 is 1.77 bits per heavy atom. The van der Waals surface area contributed by atoms with Crippen LogP contribution in [0.25, 0.3) is 0 Å². The van der Waals surface area contributed by atoms with Crippen LogP contribution >= 0.6 is 0 Å². The fourth-order valence-electron chi connectivity index (χ4n) is 2.67. The van der Waals surface area contributed by atoms with Gasteiger partial charge in [0.05, 0.1) is 5.41 Å². The lowest BCUT2D eigenvalue weighted by Gasteiger charge is -2.51. The van der Waals surface area contributed by atoms with Crippen molar-refractivity contribution < 1.29 is 9.53 Å². The summed E-state index contributed by atoms with van der Waals surface area (Å²) in [6.45, 7) is 6.33. The van der Waals surface area contributed by atoms with Crippen LogP contribution in [-0.4, -0.2) is 11.6 Å². The Kier molecular flexibility index (Phi) is 1.73. The van der Waals surface area contributed by atoms with Gasteiger partial charge >= 0.3 is 5.97 Å². The third kappa shape index (κ3) is 1.11. The SMILES string of the molecule is CC(C)C12CCC(C)(CC1)OC2=O. The highest BCUT2D eigenvalue weighted by atomic mass is 16.6. The first-order valence-corrected chi connectivity index (χ1v) is 5.22. The molecule has 3 rings (SSSR count). The predicted octanol–water partition coefficient (Wildman–Crippen LogP) is 2.52. The third-order valence-corrected chi connectivity index (χ3v) is 4.05. The lowest BCUT2D eigenvalue weighted by molar-refractivity contribution is -0.205. The van der Waals surface area contributed by atoms with Gasteiger partial charge in [0, 0.05) is 0 Å². The van der Waals surface area contributed by atoms with Crippen LogP contribution in [0.2, 0.25) is 0 Å². The fourth-order valence-corrected chi connectivity index (χ4v) is 2.67. The number of hydrogen-bond acceptors (Lipinski definition) is 2. The molecule has 13 heavy (non-hydrogen) atoms. The van der Waals surface area contributed by atoms with Crippen molar-refractivity contribution in [3.8, 4) is 0 Å². The summed E-state index contributed by atoms with van der Waals surface area (Å²) in [6, 6.07) is 0. The molecule has 1 saturated carbocycles. The molecule has 2 saturated heterocycles. The highest BCUT2D eigenvalue weighted by Gasteiger charge is 2.55. The van der Waals surface area contributed by atoms with Crippen LogP contribution in [0.4, 0.5) is 0 Å². The lowest BCUT2D eigenvalue weighted by Crippen LogP contribution is -2.55. The first-order valence-electron chi connectivity index (χ1n) is 5.22. The zero-order valence-electron chi connectivity index (χ0n) is 8.72. The average molecular weight is 182 g/mol. The van der Waals surface area contributed by atoms with Gasteiger partial charge in [-0.3, -0.25) is 4.79 Å². The largest absolute Gasteiger partial charge is 0.459 e. The van der Waals surface area contributed by atoms with Crippen LogP contribution in [0.5, 0.6) is 0 Å². The Bertz CT molecular complexity index is 234. The van der Waals surface area contributed by atoms with Crippen molar-refractivity contribution in [1.29, 1.82) is 0 Å². The van der Waals surface area contributed by atoms with Gasteiger partial charge in [0.1, 0.15) is 5.60 Å². The average Bonchev–Trinajstić information content (AvgIpc) is 2.03. The Balaban J connectivity index is 2.29. The van der Waals surface area contributed by atoms with Gasteiger partial charge in [0.25, 0.3) is 0 Å². The molecule has 2 heteroatoms. The molecule has 0 N–H and O–H groups in total. The van der Waals surface area contributed by atoms with Crippen LogP contribution in [0.3, 0.4) is 0 Å². The Morgan fingerprint density at radius 3 is 2.15 bits per heavy atom. The number of esters is 1. The van der Waals surface area contributed by atoms with Crippen LogP contribution in [0, 0.1) is 11.3 Å². The molecule has 0 aromatic rings. The van der Waals surface area contributed by atoms with Gasteiger partial charge in [-0.05, 0) is 38.5 Å². The maximum Gasteiger partial charge on any atom is 0.312 e. The van der Waals surface area contributed by atoms with Crippen molar-refractivity contribution in [3.63, 3.8) is 0 Å². The van der Waals surface area contributed by atoms with E-state index in [0.29, 0.717) is 5.92 Å². The zero-order chi connectivity index (χ0) is 9.69. The Labute approximate surface area is 79.7 Å². The van der Waals surface area contributed by atoms with E-state index in [0.717, 1.165) is 25.7 Å². The molecule has 0 unspecified atom stereocenters. The smallest absolute Gasteiger partial charge is 0.312 e. The summed E-state index contributed by atoms with van der Waals surface area (Å²) in [6.07, 6.45) is 4.16. The van der Waals surface area contributed by atoms with Crippen molar-refractivity contribution in [3.05, 3.63) is 0 Å². The number of ether oxygens (including phenoxy) is 1. The van der Waals surface area contributed by atoms with Crippen molar-refractivity contribution in [2.75, 3.05) is 0 Å². The minimum Gasteiger partial charge on any atom is -0.459 e. The van der Waals surface area contributed by atoms with Crippen LogP contribution in [0.15, 0.2) is 0 Å². The molecule has 3 aliphatic rings. The molecule has 2 nitrogen and oxygen atoms in total. The van der Waals surface area contributed by atoms with Crippen LogP contribution in [0.1, 0.15) is 46.5 Å². The molecule has 0 radical (unpaired) electrons. The van der Waals surface area contributed by atoms with Crippen molar-refractivity contribution in [1.82, 2.24) is 0 Å². The first kappa shape index (κ1) is 9.04. The van der Waals surface area contributed by atoms with E-state index in [1.165, 1.54) is 0 Å². The molecule has 2 aliphatic heterocycles. The summed E-state index contributed by atoms with van der Waals surface area (Å²) < 4.78 is 5.50. The standard InChI is InChI=1S/C11H18O2/c1-8(2)11-6-4-10(3,5-7-11)13-9(11)12/h8H,4-7H2,1-3H3. The molecule has 1 aliphatic carbocycles. The van der Waals surface area contributed by atoms with Crippen molar-refractivity contribution >= 4 is 5.97 Å². The fraction of sp³-hybridized carbons (Fsp3) is 0.909. The van der Waals surface area contributed by atoms with E-state index in [2.05, 4.69) is 20.8 Å². The van der Waals surface area contributed by atoms with E-state index in [-0.39, 0.29) is 17.0 Å². The summed E-state index contributed by atoms with van der Waals surface area (Å²) >= 11 is 0. The van der Waals surface area contributed by atoms with E-state index >= 15 is 0 Å². The second kappa shape index (κ2) is 2.49. The van der Waals surface area contributed by atoms with E-state index in [1.807, 2.05) is 0 Å². The molecular weight excluding hydrogens is 164 g/mol. The second-order valence-electron chi connectivity index (χ2n) is 5.15. The first-order chi connectivity index (χ1) is 5.99. The van der Waals surface area contributed by atoms with Gasteiger partial charge in [-0.25, -0.2) is 0 Å². The van der Waals surface area contributed by atoms with Gasteiger partial charge in [-0.1, -0.05) is 13.8 Å². The number of rotatable bonds is 1. The van der Waals surface area contributed by atoms with Crippen LogP contribution in [-0.2, 0) is 9.53 Å². The molecule has 0 aromatic heterocycles. The van der Waals surface area contributed by atoms with Gasteiger partial charge in [-0.2, -0.15) is 0 Å². The highest BCUT2D eigenvalue weighted by Crippen LogP contribution is 2.53. The molecule has 0 aromatic carbocycles. The Hall–Kier alpha value is -0.530. The molecule has 2 bridgehead atoms. The second-order valence-corrected chi connectivity index (χ2v) is 5.15. The minimum atomic E-state index is -0.141. The van der Waals surface area contributed by atoms with E-state index in [4.69, 9.17) is 4.74 Å². The zero-order valence-corrected chi connectivity index (χ0v) is 8.72. The predicted molar refractivity (Wildman–Crippen MR) is 50.2 cm³/mol.